The summed E-state index contributed by atoms with van der Waals surface area (Å²) in [4.78, 5) is 52.6. The summed E-state index contributed by atoms with van der Waals surface area (Å²) in [6.45, 7) is 1.65. The Kier molecular flexibility index (Phi) is 9.15. The molecule has 1 fully saturated rings. The van der Waals surface area contributed by atoms with Crippen molar-refractivity contribution in [2.45, 2.75) is 50.7 Å². The number of carboxylic acids is 1. The predicted molar refractivity (Wildman–Crippen MR) is 101 cm³/mol. The monoisotopic (exact) mass is 399 g/mol. The lowest BCUT2D eigenvalue weighted by molar-refractivity contribution is -0.141. The van der Waals surface area contributed by atoms with Gasteiger partial charge in [0.05, 0.1) is 6.04 Å². The van der Waals surface area contributed by atoms with Gasteiger partial charge in [-0.1, -0.05) is 0 Å². The van der Waals surface area contributed by atoms with Gasteiger partial charge in [0.2, 0.25) is 17.7 Å². The Bertz CT molecular complexity index is 621. The summed E-state index contributed by atoms with van der Waals surface area (Å²) in [6, 6.07) is -2.43. The van der Waals surface area contributed by atoms with Crippen LogP contribution in [0.25, 0.3) is 0 Å². The number of hydrogen-bond acceptors (Lipinski definition) is 6. The van der Waals surface area contributed by atoms with Crippen LogP contribution in [0, 0.1) is 0 Å². The number of likely N-dealkylation sites (tertiary alicyclic amines) is 1. The van der Waals surface area contributed by atoms with Crippen molar-refractivity contribution < 1.29 is 24.3 Å². The molecule has 0 saturated carbocycles. The quantitative estimate of drug-likeness (QED) is 0.127. The molecule has 158 valence electrons. The first-order chi connectivity index (χ1) is 13.1. The molecule has 0 aromatic rings. The number of carbonyl (C=O) groups excluding carboxylic acids is 3. The first kappa shape index (κ1) is 23.1. The lowest BCUT2D eigenvalue weighted by Crippen LogP contribution is -2.54. The van der Waals surface area contributed by atoms with E-state index in [0.717, 1.165) is 0 Å². The van der Waals surface area contributed by atoms with Crippen molar-refractivity contribution in [3.8, 4) is 0 Å². The van der Waals surface area contributed by atoms with E-state index in [2.05, 4.69) is 15.6 Å². The van der Waals surface area contributed by atoms with Gasteiger partial charge in [-0.05, 0) is 32.6 Å². The minimum absolute atomic E-state index is 0.0299. The van der Waals surface area contributed by atoms with Gasteiger partial charge in [0.15, 0.2) is 5.96 Å². The molecule has 12 heteroatoms. The zero-order valence-electron chi connectivity index (χ0n) is 15.9. The highest BCUT2D eigenvalue weighted by molar-refractivity contribution is 5.93. The minimum Gasteiger partial charge on any atom is -0.480 e. The Hall–Kier alpha value is -2.89. The maximum absolute atomic E-state index is 12.6. The van der Waals surface area contributed by atoms with Crippen LogP contribution in [-0.2, 0) is 19.2 Å². The molecule has 3 amide bonds. The first-order valence-corrected chi connectivity index (χ1v) is 9.04. The maximum atomic E-state index is 12.6. The Labute approximate surface area is 162 Å². The normalized spacial score (nSPS) is 18.1. The van der Waals surface area contributed by atoms with E-state index >= 15 is 0 Å². The van der Waals surface area contributed by atoms with Gasteiger partial charge in [-0.25, -0.2) is 0 Å². The van der Waals surface area contributed by atoms with Crippen molar-refractivity contribution in [2.24, 2.45) is 22.2 Å². The molecular weight excluding hydrogens is 370 g/mol. The van der Waals surface area contributed by atoms with E-state index in [-0.39, 0.29) is 11.9 Å². The number of nitrogens with two attached hydrogens (primary N) is 3. The lowest BCUT2D eigenvalue weighted by atomic mass is 10.1. The van der Waals surface area contributed by atoms with Crippen molar-refractivity contribution >= 4 is 29.7 Å². The summed E-state index contributed by atoms with van der Waals surface area (Å²) < 4.78 is 0. The van der Waals surface area contributed by atoms with E-state index in [9.17, 15) is 19.2 Å². The van der Waals surface area contributed by atoms with Crippen LogP contribution in [0.1, 0.15) is 32.6 Å². The standard InChI is InChI=1S/C16H29N7O5/c1-9(13(26)21-8-12(24)25)22-14(27)11-5-3-7-23(11)15(28)10(17)4-2-6-20-16(18)19/h9-11H,2-8,17H2,1H3,(H,21,26)(H,22,27)(H,24,25)(H4,18,19,20). The highest BCUT2D eigenvalue weighted by Gasteiger charge is 2.36. The number of hydrogen-bond donors (Lipinski definition) is 6. The molecule has 12 nitrogen and oxygen atoms in total. The Morgan fingerprint density at radius 3 is 2.57 bits per heavy atom. The number of carbonyl (C=O) groups is 4. The van der Waals surface area contributed by atoms with Gasteiger partial charge in [-0.3, -0.25) is 24.2 Å². The van der Waals surface area contributed by atoms with E-state index in [0.29, 0.717) is 38.8 Å². The third-order valence-electron chi connectivity index (χ3n) is 4.29. The van der Waals surface area contributed by atoms with Gasteiger partial charge >= 0.3 is 5.97 Å². The second kappa shape index (κ2) is 11.1. The van der Waals surface area contributed by atoms with Crippen LogP contribution >= 0.6 is 0 Å². The van der Waals surface area contributed by atoms with Crippen LogP contribution in [0.4, 0.5) is 0 Å². The highest BCUT2D eigenvalue weighted by atomic mass is 16.4. The molecule has 0 radical (unpaired) electrons. The van der Waals surface area contributed by atoms with E-state index < -0.39 is 42.5 Å². The summed E-state index contributed by atoms with van der Waals surface area (Å²) in [6.07, 6.45) is 2.00. The Balaban J connectivity index is 2.56. The van der Waals surface area contributed by atoms with Crippen LogP contribution in [0.15, 0.2) is 4.99 Å². The smallest absolute Gasteiger partial charge is 0.322 e. The second-order valence-electron chi connectivity index (χ2n) is 6.59. The molecule has 9 N–H and O–H groups in total. The average Bonchev–Trinajstić information content (AvgIpc) is 3.11. The summed E-state index contributed by atoms with van der Waals surface area (Å²) >= 11 is 0. The number of aliphatic imine (C=N–C) groups is 1. The number of guanidine groups is 1. The minimum atomic E-state index is -1.19. The highest BCUT2D eigenvalue weighted by Crippen LogP contribution is 2.19. The molecule has 0 aromatic carbocycles. The van der Waals surface area contributed by atoms with E-state index in [1.54, 1.807) is 0 Å². The maximum Gasteiger partial charge on any atom is 0.322 e. The zero-order chi connectivity index (χ0) is 21.3. The number of aliphatic carboxylic acids is 1. The number of carboxylic acid groups (broad SMARTS) is 1. The fraction of sp³-hybridized carbons (Fsp3) is 0.688. The molecule has 1 saturated heterocycles. The SMILES string of the molecule is CC(NC(=O)C1CCCN1C(=O)C(N)CCCN=C(N)N)C(=O)NCC(=O)O. The third-order valence-corrected chi connectivity index (χ3v) is 4.29. The van der Waals surface area contributed by atoms with Crippen molar-refractivity contribution in [1.29, 1.82) is 0 Å². The molecular formula is C16H29N7O5. The Morgan fingerprint density at radius 2 is 1.96 bits per heavy atom. The van der Waals surface area contributed by atoms with Gasteiger partial charge in [-0.15, -0.1) is 0 Å². The van der Waals surface area contributed by atoms with Crippen molar-refractivity contribution in [1.82, 2.24) is 15.5 Å². The molecule has 1 aliphatic rings. The molecule has 0 spiro atoms. The van der Waals surface area contributed by atoms with Gasteiger partial charge in [0, 0.05) is 13.1 Å². The second-order valence-corrected chi connectivity index (χ2v) is 6.59. The summed E-state index contributed by atoms with van der Waals surface area (Å²) in [7, 11) is 0. The zero-order valence-corrected chi connectivity index (χ0v) is 15.9. The molecule has 1 heterocycles. The molecule has 3 unspecified atom stereocenters. The summed E-state index contributed by atoms with van der Waals surface area (Å²) in [5, 5.41) is 13.3. The molecule has 1 aliphatic heterocycles. The third kappa shape index (κ3) is 7.39. The van der Waals surface area contributed by atoms with E-state index in [1.807, 2.05) is 0 Å². The lowest BCUT2D eigenvalue weighted by Gasteiger charge is -2.27. The van der Waals surface area contributed by atoms with Crippen LogP contribution in [0.5, 0.6) is 0 Å². The van der Waals surface area contributed by atoms with Gasteiger partial charge in [0.1, 0.15) is 18.6 Å². The topological polar surface area (TPSA) is 206 Å². The van der Waals surface area contributed by atoms with E-state index in [4.69, 9.17) is 22.3 Å². The van der Waals surface area contributed by atoms with Crippen LogP contribution in [-0.4, -0.2) is 77.4 Å². The van der Waals surface area contributed by atoms with Crippen molar-refractivity contribution in [3.63, 3.8) is 0 Å². The fourth-order valence-corrected chi connectivity index (χ4v) is 2.85. The average molecular weight is 399 g/mol. The van der Waals surface area contributed by atoms with E-state index in [1.165, 1.54) is 11.8 Å². The van der Waals surface area contributed by atoms with Crippen molar-refractivity contribution in [2.75, 3.05) is 19.6 Å². The molecule has 1 rings (SSSR count). The molecule has 0 bridgehead atoms. The molecule has 0 aromatic heterocycles. The van der Waals surface area contributed by atoms with Crippen LogP contribution in [0.2, 0.25) is 0 Å². The Morgan fingerprint density at radius 1 is 1.29 bits per heavy atom. The van der Waals surface area contributed by atoms with Crippen LogP contribution < -0.4 is 27.8 Å². The summed E-state index contributed by atoms with van der Waals surface area (Å²) in [5.41, 5.74) is 16.4. The number of nitrogens with one attached hydrogen (secondary N) is 2. The largest absolute Gasteiger partial charge is 0.480 e. The molecule has 0 aliphatic carbocycles. The number of rotatable bonds is 10. The predicted octanol–water partition coefficient (Wildman–Crippen LogP) is -2.94. The van der Waals surface area contributed by atoms with Gasteiger partial charge in [0.25, 0.3) is 0 Å². The van der Waals surface area contributed by atoms with Gasteiger partial charge in [-0.2, -0.15) is 0 Å². The fourth-order valence-electron chi connectivity index (χ4n) is 2.85. The van der Waals surface area contributed by atoms with Gasteiger partial charge < -0.3 is 37.8 Å². The first-order valence-electron chi connectivity index (χ1n) is 9.04. The molecule has 3 atom stereocenters. The number of amides is 3. The van der Waals surface area contributed by atoms with Crippen molar-refractivity contribution in [3.05, 3.63) is 0 Å². The summed E-state index contributed by atoms with van der Waals surface area (Å²) in [5.74, 6) is -2.66. The number of nitrogens with zero attached hydrogens (tertiary/aromatic N) is 2. The van der Waals surface area contributed by atoms with Crippen LogP contribution in [0.3, 0.4) is 0 Å². The molecule has 28 heavy (non-hydrogen) atoms.